The molecule has 7 heteroatoms. The zero-order valence-corrected chi connectivity index (χ0v) is 26.4. The van der Waals surface area contributed by atoms with Gasteiger partial charge in [-0.3, -0.25) is 4.79 Å². The summed E-state index contributed by atoms with van der Waals surface area (Å²) in [5, 5.41) is 18.4. The number of aliphatic hydroxyl groups excluding tert-OH is 1. The molecule has 2 aromatic carbocycles. The van der Waals surface area contributed by atoms with Crippen LogP contribution in [0.15, 0.2) is 60.7 Å². The van der Waals surface area contributed by atoms with Gasteiger partial charge in [-0.1, -0.05) is 56.3 Å². The molecule has 1 saturated heterocycles. The number of aromatic nitrogens is 1. The molecule has 0 radical (unpaired) electrons. The summed E-state index contributed by atoms with van der Waals surface area (Å²) >= 11 is 0. The summed E-state index contributed by atoms with van der Waals surface area (Å²) in [6.45, 7) is 12.8. The zero-order valence-electron chi connectivity index (χ0n) is 26.4. The molecule has 0 aliphatic carbocycles. The first kappa shape index (κ1) is 31.0. The van der Waals surface area contributed by atoms with E-state index in [0.29, 0.717) is 24.4 Å². The van der Waals surface area contributed by atoms with Crippen molar-refractivity contribution in [3.8, 4) is 5.75 Å². The fourth-order valence-electron chi connectivity index (χ4n) is 6.46. The lowest BCUT2D eigenvalue weighted by Crippen LogP contribution is -2.50. The highest BCUT2D eigenvalue weighted by atomic mass is 16.5. The average molecular weight is 585 g/mol. The van der Waals surface area contributed by atoms with E-state index in [2.05, 4.69) is 61.4 Å². The Kier molecular flexibility index (Phi) is 9.72. The molecule has 0 unspecified atom stereocenters. The van der Waals surface area contributed by atoms with Crippen LogP contribution in [-0.4, -0.2) is 53.4 Å². The molecule has 4 atom stereocenters. The van der Waals surface area contributed by atoms with Crippen molar-refractivity contribution in [2.75, 3.05) is 24.5 Å². The van der Waals surface area contributed by atoms with E-state index in [1.54, 1.807) is 0 Å². The molecule has 2 aliphatic rings. The predicted molar refractivity (Wildman–Crippen MR) is 173 cm³/mol. The van der Waals surface area contributed by atoms with Crippen LogP contribution in [0.2, 0.25) is 0 Å². The number of rotatable bonds is 10. The van der Waals surface area contributed by atoms with E-state index < -0.39 is 12.1 Å². The predicted octanol–water partition coefficient (Wildman–Crippen LogP) is 5.78. The molecule has 43 heavy (non-hydrogen) atoms. The minimum Gasteiger partial charge on any atom is -0.487 e. The van der Waals surface area contributed by atoms with E-state index in [4.69, 9.17) is 9.72 Å². The van der Waals surface area contributed by atoms with E-state index >= 15 is 0 Å². The molecular formula is C36H48N4O3. The number of nitrogens with one attached hydrogen (secondary N) is 2. The zero-order chi connectivity index (χ0) is 30.6. The number of pyridine rings is 1. The SMILES string of the molecule is CCc1ccc2c(c1)[C@@H](NC[C@@H](O)[C@H](Cc1ccccc1)NC(=O)c1cc(C)nc(N3CCC[C@@H](C)C3)c1)CC(C)(C)O2. The fraction of sp³-hybridized carbons (Fsp3) is 0.500. The van der Waals surface area contributed by atoms with Gasteiger partial charge in [0.25, 0.3) is 5.91 Å². The molecule has 230 valence electrons. The van der Waals surface area contributed by atoms with E-state index in [0.717, 1.165) is 60.7 Å². The van der Waals surface area contributed by atoms with Crippen molar-refractivity contribution < 1.29 is 14.6 Å². The third-order valence-electron chi connectivity index (χ3n) is 8.78. The highest BCUT2D eigenvalue weighted by molar-refractivity contribution is 5.95. The maximum absolute atomic E-state index is 13.7. The normalized spacial score (nSPS) is 20.9. The van der Waals surface area contributed by atoms with Crippen LogP contribution >= 0.6 is 0 Å². The van der Waals surface area contributed by atoms with Crippen molar-refractivity contribution in [3.63, 3.8) is 0 Å². The summed E-state index contributed by atoms with van der Waals surface area (Å²) in [5.41, 5.74) is 4.51. The van der Waals surface area contributed by atoms with E-state index in [-0.39, 0.29) is 17.6 Å². The quantitative estimate of drug-likeness (QED) is 0.280. The van der Waals surface area contributed by atoms with Gasteiger partial charge >= 0.3 is 0 Å². The molecule has 1 aromatic heterocycles. The van der Waals surface area contributed by atoms with Crippen LogP contribution in [0, 0.1) is 12.8 Å². The van der Waals surface area contributed by atoms with Gasteiger partial charge in [0.1, 0.15) is 17.2 Å². The van der Waals surface area contributed by atoms with Crippen molar-refractivity contribution in [2.45, 2.75) is 90.5 Å². The Labute approximate surface area is 257 Å². The van der Waals surface area contributed by atoms with Crippen LogP contribution < -0.4 is 20.3 Å². The standard InChI is InChI=1S/C36H48N4O3/c1-6-26-14-15-33-29(18-26)31(21-36(4,5)43-33)37-22-32(41)30(19-27-12-8-7-9-13-27)39-35(42)28-17-25(3)38-34(20-28)40-16-10-11-24(2)23-40/h7-9,12-15,17-18,20,24,30-32,37,41H,6,10-11,16,19,21-23H2,1-5H3,(H,39,42)/t24-,30+,31+,32-/m1/s1. The molecule has 3 aromatic rings. The molecule has 0 bridgehead atoms. The van der Waals surface area contributed by atoms with E-state index in [1.165, 1.54) is 12.0 Å². The van der Waals surface area contributed by atoms with Gasteiger partial charge < -0.3 is 25.4 Å². The number of aryl methyl sites for hydroxylation is 2. The van der Waals surface area contributed by atoms with Gasteiger partial charge in [0, 0.05) is 48.9 Å². The Morgan fingerprint density at radius 2 is 1.93 bits per heavy atom. The summed E-state index contributed by atoms with van der Waals surface area (Å²) in [4.78, 5) is 20.8. The number of carbonyl (C=O) groups is 1. The molecule has 3 heterocycles. The van der Waals surface area contributed by atoms with Crippen LogP contribution in [0.3, 0.4) is 0 Å². The van der Waals surface area contributed by atoms with Crippen LogP contribution in [-0.2, 0) is 12.8 Å². The van der Waals surface area contributed by atoms with Gasteiger partial charge in [0.15, 0.2) is 0 Å². The maximum Gasteiger partial charge on any atom is 0.251 e. The Balaban J connectivity index is 1.34. The minimum atomic E-state index is -0.807. The van der Waals surface area contributed by atoms with Crippen LogP contribution in [0.1, 0.15) is 85.7 Å². The number of piperidine rings is 1. The van der Waals surface area contributed by atoms with Gasteiger partial charge in [-0.25, -0.2) is 4.98 Å². The second kappa shape index (κ2) is 13.5. The third kappa shape index (κ3) is 7.95. The lowest BCUT2D eigenvalue weighted by molar-refractivity contribution is 0.0582. The smallest absolute Gasteiger partial charge is 0.251 e. The maximum atomic E-state index is 13.7. The highest BCUT2D eigenvalue weighted by Gasteiger charge is 2.34. The summed E-state index contributed by atoms with van der Waals surface area (Å²) in [6.07, 6.45) is 3.79. The molecule has 1 amide bonds. The largest absolute Gasteiger partial charge is 0.487 e. The number of hydrogen-bond acceptors (Lipinski definition) is 6. The van der Waals surface area contributed by atoms with Gasteiger partial charge in [0.2, 0.25) is 0 Å². The molecule has 0 spiro atoms. The van der Waals surface area contributed by atoms with Gasteiger partial charge in [-0.15, -0.1) is 0 Å². The number of ether oxygens (including phenoxy) is 1. The highest BCUT2D eigenvalue weighted by Crippen LogP contribution is 2.40. The topological polar surface area (TPSA) is 86.7 Å². The van der Waals surface area contributed by atoms with Crippen molar-refractivity contribution in [3.05, 3.63) is 88.6 Å². The number of aliphatic hydroxyl groups is 1. The van der Waals surface area contributed by atoms with Crippen LogP contribution in [0.5, 0.6) is 5.75 Å². The molecule has 5 rings (SSSR count). The lowest BCUT2D eigenvalue weighted by atomic mass is 9.88. The number of amides is 1. The van der Waals surface area contributed by atoms with Gasteiger partial charge in [0.05, 0.1) is 12.1 Å². The Hall–Kier alpha value is -3.42. The van der Waals surface area contributed by atoms with Gasteiger partial charge in [-0.2, -0.15) is 0 Å². The molecular weight excluding hydrogens is 536 g/mol. The lowest BCUT2D eigenvalue weighted by Gasteiger charge is -2.39. The Bertz CT molecular complexity index is 1390. The second-order valence-electron chi connectivity index (χ2n) is 13.1. The number of anilines is 1. The summed E-state index contributed by atoms with van der Waals surface area (Å²) in [6, 6.07) is 19.7. The third-order valence-corrected chi connectivity index (χ3v) is 8.78. The van der Waals surface area contributed by atoms with Crippen molar-refractivity contribution in [1.29, 1.82) is 0 Å². The molecule has 2 aliphatic heterocycles. The average Bonchev–Trinajstić information content (AvgIpc) is 2.99. The van der Waals surface area contributed by atoms with Gasteiger partial charge in [-0.05, 0) is 81.7 Å². The summed E-state index contributed by atoms with van der Waals surface area (Å²) in [7, 11) is 0. The minimum absolute atomic E-state index is 0.0327. The molecule has 3 N–H and O–H groups in total. The van der Waals surface area contributed by atoms with Crippen molar-refractivity contribution in [1.82, 2.24) is 15.6 Å². The number of carbonyl (C=O) groups excluding carboxylic acids is 1. The summed E-state index contributed by atoms with van der Waals surface area (Å²) in [5.74, 6) is 2.15. The van der Waals surface area contributed by atoms with Crippen molar-refractivity contribution >= 4 is 11.7 Å². The first-order valence-corrected chi connectivity index (χ1v) is 15.9. The second-order valence-corrected chi connectivity index (χ2v) is 13.1. The number of fused-ring (bicyclic) bond motifs is 1. The number of nitrogens with zero attached hydrogens (tertiary/aromatic N) is 2. The monoisotopic (exact) mass is 584 g/mol. The molecule has 7 nitrogen and oxygen atoms in total. The van der Waals surface area contributed by atoms with Crippen LogP contribution in [0.4, 0.5) is 5.82 Å². The first-order valence-electron chi connectivity index (χ1n) is 15.9. The first-order chi connectivity index (χ1) is 20.6. The van der Waals surface area contributed by atoms with Crippen molar-refractivity contribution in [2.24, 2.45) is 5.92 Å². The van der Waals surface area contributed by atoms with E-state index in [9.17, 15) is 9.90 Å². The fourth-order valence-corrected chi connectivity index (χ4v) is 6.46. The number of benzene rings is 2. The Morgan fingerprint density at radius 3 is 2.67 bits per heavy atom. The van der Waals surface area contributed by atoms with E-state index in [1.807, 2.05) is 49.4 Å². The molecule has 0 saturated carbocycles. The van der Waals surface area contributed by atoms with Crippen LogP contribution in [0.25, 0.3) is 0 Å². The summed E-state index contributed by atoms with van der Waals surface area (Å²) < 4.78 is 6.28. The number of hydrogen-bond donors (Lipinski definition) is 3. The Morgan fingerprint density at radius 1 is 1.14 bits per heavy atom. The molecule has 1 fully saturated rings.